The molecule has 1 saturated heterocycles. The number of carbonyl (C=O) groups excluding carboxylic acids is 1. The second kappa shape index (κ2) is 8.53. The van der Waals surface area contributed by atoms with Crippen molar-refractivity contribution in [3.05, 3.63) is 48.0 Å². The Balaban J connectivity index is 1.55. The number of fused-ring (bicyclic) bond motifs is 1. The fraction of sp³-hybridized carbons (Fsp3) is 0.545. The second-order valence-electron chi connectivity index (χ2n) is 8.55. The van der Waals surface area contributed by atoms with Gasteiger partial charge in [-0.25, -0.2) is 4.98 Å². The summed E-state index contributed by atoms with van der Waals surface area (Å²) in [6.07, 6.45) is 0.298. The van der Waals surface area contributed by atoms with Gasteiger partial charge >= 0.3 is 6.36 Å². The number of alkyl halides is 3. The average molecular weight is 436 g/mol. The van der Waals surface area contributed by atoms with E-state index in [1.165, 1.54) is 18.2 Å². The number of benzene rings is 1. The first-order chi connectivity index (χ1) is 14.7. The first-order valence-electron chi connectivity index (χ1n) is 10.6. The van der Waals surface area contributed by atoms with Crippen molar-refractivity contribution in [2.75, 3.05) is 19.6 Å². The van der Waals surface area contributed by atoms with Crippen LogP contribution in [0.5, 0.6) is 5.75 Å². The molecule has 1 unspecified atom stereocenters. The summed E-state index contributed by atoms with van der Waals surface area (Å²) < 4.78 is 43.6. The number of imidazole rings is 1. The summed E-state index contributed by atoms with van der Waals surface area (Å²) in [5.74, 6) is 0.616. The van der Waals surface area contributed by atoms with E-state index in [9.17, 15) is 18.0 Å². The van der Waals surface area contributed by atoms with E-state index in [1.807, 2.05) is 0 Å². The number of nitrogens with zero attached hydrogens (tertiary/aromatic N) is 4. The van der Waals surface area contributed by atoms with Crippen molar-refractivity contribution in [2.24, 2.45) is 18.9 Å². The molecule has 0 N–H and O–H groups in total. The molecule has 6 nitrogen and oxygen atoms in total. The zero-order valence-corrected chi connectivity index (χ0v) is 17.7. The average Bonchev–Trinajstić information content (AvgIpc) is 3.39. The molecule has 0 radical (unpaired) electrons. The van der Waals surface area contributed by atoms with Crippen LogP contribution in [0.1, 0.15) is 35.8 Å². The van der Waals surface area contributed by atoms with Crippen molar-refractivity contribution in [3.8, 4) is 5.75 Å². The Labute approximate surface area is 179 Å². The van der Waals surface area contributed by atoms with Gasteiger partial charge in [-0.05, 0) is 48.9 Å². The SMILES string of the molecule is CCN1C[C@H]2CC(N(Cc3cccc(OC(F)(F)F)c3)C(=O)c3cn(C)cn3)C[C@H]2C1. The predicted molar refractivity (Wildman–Crippen MR) is 108 cm³/mol. The predicted octanol–water partition coefficient (Wildman–Crippen LogP) is 3.69. The van der Waals surface area contributed by atoms with Gasteiger partial charge in [0.05, 0.1) is 6.33 Å². The number of ether oxygens (including phenoxy) is 1. The molecule has 1 aliphatic carbocycles. The molecule has 4 rings (SSSR count). The van der Waals surface area contributed by atoms with Crippen molar-refractivity contribution < 1.29 is 22.7 Å². The van der Waals surface area contributed by atoms with Gasteiger partial charge in [0.2, 0.25) is 0 Å². The van der Waals surface area contributed by atoms with E-state index in [4.69, 9.17) is 0 Å². The Morgan fingerprint density at radius 3 is 2.55 bits per heavy atom. The van der Waals surface area contributed by atoms with Crippen LogP contribution in [-0.2, 0) is 13.6 Å². The van der Waals surface area contributed by atoms with Crippen molar-refractivity contribution in [1.82, 2.24) is 19.4 Å². The number of hydrogen-bond acceptors (Lipinski definition) is 4. The Morgan fingerprint density at radius 1 is 1.26 bits per heavy atom. The van der Waals surface area contributed by atoms with Gasteiger partial charge in [0, 0.05) is 38.9 Å². The quantitative estimate of drug-likeness (QED) is 0.693. The van der Waals surface area contributed by atoms with Gasteiger partial charge in [0.15, 0.2) is 0 Å². The van der Waals surface area contributed by atoms with Crippen LogP contribution in [0, 0.1) is 11.8 Å². The Hall–Kier alpha value is -2.55. The van der Waals surface area contributed by atoms with E-state index in [0.717, 1.165) is 32.5 Å². The third kappa shape index (κ3) is 5.03. The minimum absolute atomic E-state index is 0.0377. The fourth-order valence-electron chi connectivity index (χ4n) is 4.95. The summed E-state index contributed by atoms with van der Waals surface area (Å²) in [6, 6.07) is 5.89. The molecule has 2 aromatic rings. The number of amides is 1. The van der Waals surface area contributed by atoms with E-state index in [1.54, 1.807) is 35.1 Å². The molecule has 31 heavy (non-hydrogen) atoms. The molecule has 1 saturated carbocycles. The van der Waals surface area contributed by atoms with Crippen LogP contribution in [-0.4, -0.2) is 57.3 Å². The molecule has 1 aliphatic heterocycles. The lowest BCUT2D eigenvalue weighted by Gasteiger charge is -2.30. The topological polar surface area (TPSA) is 50.6 Å². The highest BCUT2D eigenvalue weighted by atomic mass is 19.4. The lowest BCUT2D eigenvalue weighted by Crippen LogP contribution is -2.39. The third-order valence-electron chi connectivity index (χ3n) is 6.36. The molecule has 9 heteroatoms. The largest absolute Gasteiger partial charge is 0.573 e. The van der Waals surface area contributed by atoms with E-state index < -0.39 is 6.36 Å². The van der Waals surface area contributed by atoms with Gasteiger partial charge in [0.1, 0.15) is 11.4 Å². The number of carbonyl (C=O) groups is 1. The highest BCUT2D eigenvalue weighted by Crippen LogP contribution is 2.41. The lowest BCUT2D eigenvalue weighted by molar-refractivity contribution is -0.274. The Kier molecular flexibility index (Phi) is 5.96. The molecule has 1 amide bonds. The van der Waals surface area contributed by atoms with Crippen LogP contribution in [0.3, 0.4) is 0 Å². The first kappa shape index (κ1) is 21.7. The van der Waals surface area contributed by atoms with Crippen LogP contribution in [0.2, 0.25) is 0 Å². The summed E-state index contributed by atoms with van der Waals surface area (Å²) in [5.41, 5.74) is 0.940. The molecule has 2 fully saturated rings. The Morgan fingerprint density at radius 2 is 1.97 bits per heavy atom. The summed E-state index contributed by atoms with van der Waals surface area (Å²) in [5, 5.41) is 0. The zero-order chi connectivity index (χ0) is 22.2. The Bertz CT molecular complexity index is 915. The smallest absolute Gasteiger partial charge is 0.406 e. The van der Waals surface area contributed by atoms with Crippen molar-refractivity contribution >= 4 is 5.91 Å². The molecule has 0 spiro atoms. The molecular formula is C22H27F3N4O2. The highest BCUT2D eigenvalue weighted by Gasteiger charge is 2.43. The molecule has 2 heterocycles. The van der Waals surface area contributed by atoms with Crippen LogP contribution in [0.4, 0.5) is 13.2 Å². The lowest BCUT2D eigenvalue weighted by atomic mass is 10.0. The van der Waals surface area contributed by atoms with Gasteiger partial charge in [-0.1, -0.05) is 19.1 Å². The summed E-state index contributed by atoms with van der Waals surface area (Å²) in [7, 11) is 1.80. The summed E-state index contributed by atoms with van der Waals surface area (Å²) in [6.45, 7) is 5.48. The monoisotopic (exact) mass is 436 g/mol. The second-order valence-corrected chi connectivity index (χ2v) is 8.55. The molecule has 168 valence electrons. The van der Waals surface area contributed by atoms with Gasteiger partial charge < -0.3 is 19.1 Å². The van der Waals surface area contributed by atoms with Crippen LogP contribution >= 0.6 is 0 Å². The maximum Gasteiger partial charge on any atom is 0.573 e. The van der Waals surface area contributed by atoms with Gasteiger partial charge in [0.25, 0.3) is 5.91 Å². The number of aromatic nitrogens is 2. The van der Waals surface area contributed by atoms with Gasteiger partial charge in [-0.2, -0.15) is 0 Å². The van der Waals surface area contributed by atoms with E-state index in [0.29, 0.717) is 23.1 Å². The third-order valence-corrected chi connectivity index (χ3v) is 6.36. The number of rotatable bonds is 6. The maximum absolute atomic E-state index is 13.3. The van der Waals surface area contributed by atoms with Crippen molar-refractivity contribution in [1.29, 1.82) is 0 Å². The number of likely N-dealkylation sites (tertiary alicyclic amines) is 1. The number of aryl methyl sites for hydroxylation is 1. The van der Waals surface area contributed by atoms with Crippen molar-refractivity contribution in [3.63, 3.8) is 0 Å². The molecular weight excluding hydrogens is 409 g/mol. The van der Waals surface area contributed by atoms with Crippen molar-refractivity contribution in [2.45, 2.75) is 38.7 Å². The number of hydrogen-bond donors (Lipinski definition) is 0. The van der Waals surface area contributed by atoms with Crippen LogP contribution in [0.25, 0.3) is 0 Å². The first-order valence-corrected chi connectivity index (χ1v) is 10.6. The number of halogens is 3. The van der Waals surface area contributed by atoms with Crippen LogP contribution < -0.4 is 4.74 Å². The normalized spacial score (nSPS) is 23.7. The maximum atomic E-state index is 13.3. The van der Waals surface area contributed by atoms with E-state index in [2.05, 4.69) is 21.5 Å². The minimum Gasteiger partial charge on any atom is -0.406 e. The molecule has 0 bridgehead atoms. The minimum atomic E-state index is -4.75. The molecule has 1 aromatic heterocycles. The van der Waals surface area contributed by atoms with Gasteiger partial charge in [-0.15, -0.1) is 13.2 Å². The van der Waals surface area contributed by atoms with Crippen LogP contribution in [0.15, 0.2) is 36.8 Å². The van der Waals surface area contributed by atoms with E-state index >= 15 is 0 Å². The fourth-order valence-corrected chi connectivity index (χ4v) is 4.95. The highest BCUT2D eigenvalue weighted by molar-refractivity contribution is 5.92. The summed E-state index contributed by atoms with van der Waals surface area (Å²) >= 11 is 0. The summed E-state index contributed by atoms with van der Waals surface area (Å²) in [4.78, 5) is 21.8. The molecule has 3 atom stereocenters. The molecule has 2 aliphatic rings. The van der Waals surface area contributed by atoms with E-state index in [-0.39, 0.29) is 24.2 Å². The van der Waals surface area contributed by atoms with Gasteiger partial charge in [-0.3, -0.25) is 4.79 Å². The molecule has 1 aromatic carbocycles. The standard InChI is InChI=1S/C22H27F3N4O2/c1-3-28-11-16-8-18(9-17(16)12-28)29(21(30)20-13-27(2)14-26-20)10-15-5-4-6-19(7-15)31-22(23,24)25/h4-7,13-14,16-18H,3,8-12H2,1-2H3/t16-,17+,18?. The zero-order valence-electron chi connectivity index (χ0n) is 17.7.